The number of methoxy groups -OCH3 is 2. The van der Waals surface area contributed by atoms with Crippen molar-refractivity contribution in [1.82, 2.24) is 9.88 Å². The number of carbonyl (C=O) groups is 1. The number of benzene rings is 3. The number of aromatic nitrogens is 1. The molecule has 39 heavy (non-hydrogen) atoms. The first-order chi connectivity index (χ1) is 18.7. The molecule has 1 aliphatic heterocycles. The minimum atomic E-state index is -0.116. The Morgan fingerprint density at radius 1 is 0.949 bits per heavy atom. The Balaban J connectivity index is 0.00000353. The molecular formula is C29H32ClN3O5S. The maximum Gasteiger partial charge on any atom is 0.260 e. The number of hydrogen-bond donors (Lipinski definition) is 0. The SMILES string of the molecule is COc1ccc(OC)c2sc(N(CCCN3CCOCC3)C(=O)c3ccc(Oc4ccccc4)cc3)nc12.Cl. The fourth-order valence-corrected chi connectivity index (χ4v) is 5.50. The van der Waals surface area contributed by atoms with E-state index in [1.807, 2.05) is 54.6 Å². The van der Waals surface area contributed by atoms with Gasteiger partial charge < -0.3 is 18.9 Å². The van der Waals surface area contributed by atoms with Crippen LogP contribution in [0.25, 0.3) is 10.2 Å². The third kappa shape index (κ3) is 6.80. The van der Waals surface area contributed by atoms with Crippen molar-refractivity contribution in [2.24, 2.45) is 0 Å². The van der Waals surface area contributed by atoms with E-state index in [1.54, 1.807) is 31.3 Å². The van der Waals surface area contributed by atoms with Gasteiger partial charge in [0.15, 0.2) is 5.13 Å². The van der Waals surface area contributed by atoms with Crippen molar-refractivity contribution in [3.8, 4) is 23.0 Å². The summed E-state index contributed by atoms with van der Waals surface area (Å²) in [7, 11) is 3.25. The molecular weight excluding hydrogens is 538 g/mol. The lowest BCUT2D eigenvalue weighted by Gasteiger charge is -2.27. The van der Waals surface area contributed by atoms with Gasteiger partial charge in [-0.2, -0.15) is 0 Å². The second-order valence-electron chi connectivity index (χ2n) is 8.85. The van der Waals surface area contributed by atoms with Crippen molar-refractivity contribution in [2.75, 3.05) is 58.5 Å². The molecule has 1 fully saturated rings. The first-order valence-electron chi connectivity index (χ1n) is 12.6. The van der Waals surface area contributed by atoms with Gasteiger partial charge in [0.05, 0.1) is 27.4 Å². The highest BCUT2D eigenvalue weighted by atomic mass is 35.5. The van der Waals surface area contributed by atoms with E-state index in [4.69, 9.17) is 23.9 Å². The first-order valence-corrected chi connectivity index (χ1v) is 13.4. The summed E-state index contributed by atoms with van der Waals surface area (Å²) in [5, 5.41) is 0.611. The lowest BCUT2D eigenvalue weighted by atomic mass is 10.2. The summed E-state index contributed by atoms with van der Waals surface area (Å²) < 4.78 is 23.3. The summed E-state index contributed by atoms with van der Waals surface area (Å²) in [5.41, 5.74) is 1.25. The van der Waals surface area contributed by atoms with Crippen LogP contribution < -0.4 is 19.1 Å². The van der Waals surface area contributed by atoms with Gasteiger partial charge in [0.1, 0.15) is 33.2 Å². The van der Waals surface area contributed by atoms with Crippen LogP contribution in [0.2, 0.25) is 0 Å². The number of fused-ring (bicyclic) bond motifs is 1. The maximum atomic E-state index is 13.8. The molecule has 0 bridgehead atoms. The van der Waals surface area contributed by atoms with Crippen LogP contribution in [0, 0.1) is 0 Å². The van der Waals surface area contributed by atoms with Gasteiger partial charge in [0.2, 0.25) is 0 Å². The van der Waals surface area contributed by atoms with Crippen LogP contribution in [-0.2, 0) is 4.74 Å². The molecule has 1 amide bonds. The van der Waals surface area contributed by atoms with Crippen LogP contribution in [0.15, 0.2) is 66.7 Å². The molecule has 1 aromatic heterocycles. The number of ether oxygens (including phenoxy) is 4. The quantitative estimate of drug-likeness (QED) is 0.235. The van der Waals surface area contributed by atoms with Gasteiger partial charge in [-0.1, -0.05) is 29.5 Å². The number of anilines is 1. The number of morpholine rings is 1. The number of amides is 1. The molecule has 0 atom stereocenters. The largest absolute Gasteiger partial charge is 0.495 e. The third-order valence-electron chi connectivity index (χ3n) is 6.41. The molecule has 4 aromatic rings. The van der Waals surface area contributed by atoms with Crippen LogP contribution in [0.3, 0.4) is 0 Å². The Kier molecular flexibility index (Phi) is 10.00. The van der Waals surface area contributed by atoms with E-state index < -0.39 is 0 Å². The smallest absolute Gasteiger partial charge is 0.260 e. The first kappa shape index (κ1) is 28.6. The highest BCUT2D eigenvalue weighted by Crippen LogP contribution is 2.40. The highest BCUT2D eigenvalue weighted by Gasteiger charge is 2.24. The normalized spacial score (nSPS) is 13.5. The van der Waals surface area contributed by atoms with E-state index in [0.29, 0.717) is 40.0 Å². The maximum absolute atomic E-state index is 13.8. The van der Waals surface area contributed by atoms with Gasteiger partial charge in [-0.05, 0) is 55.0 Å². The molecule has 1 saturated heterocycles. The van der Waals surface area contributed by atoms with Crippen LogP contribution in [0.4, 0.5) is 5.13 Å². The topological polar surface area (TPSA) is 73.4 Å². The van der Waals surface area contributed by atoms with E-state index in [0.717, 1.165) is 49.7 Å². The monoisotopic (exact) mass is 569 g/mol. The van der Waals surface area contributed by atoms with Crippen molar-refractivity contribution in [3.63, 3.8) is 0 Å². The Labute approximate surface area is 238 Å². The van der Waals surface area contributed by atoms with Crippen molar-refractivity contribution in [2.45, 2.75) is 6.42 Å². The molecule has 3 aromatic carbocycles. The second kappa shape index (κ2) is 13.6. The standard InChI is InChI=1S/C29H31N3O5S.ClH/c1-34-24-13-14-25(35-2)27-26(24)30-29(38-27)32(16-6-15-31-17-19-36-20-18-31)28(33)21-9-11-23(12-10-21)37-22-7-4-3-5-8-22;/h3-5,7-14H,6,15-20H2,1-2H3;1H. The summed E-state index contributed by atoms with van der Waals surface area (Å²) in [4.78, 5) is 22.8. The number of nitrogens with zero attached hydrogens (tertiary/aromatic N) is 3. The van der Waals surface area contributed by atoms with Gasteiger partial charge >= 0.3 is 0 Å². The fraction of sp³-hybridized carbons (Fsp3) is 0.310. The third-order valence-corrected chi connectivity index (χ3v) is 7.51. The van der Waals surface area contributed by atoms with E-state index >= 15 is 0 Å². The molecule has 5 rings (SSSR count). The number of carbonyl (C=O) groups excluding carboxylic acids is 1. The summed E-state index contributed by atoms with van der Waals surface area (Å²) in [6.45, 7) is 4.73. The van der Waals surface area contributed by atoms with Crippen molar-refractivity contribution in [3.05, 3.63) is 72.3 Å². The molecule has 0 aliphatic carbocycles. The molecule has 0 N–H and O–H groups in total. The Hall–Kier alpha value is -3.37. The number of halogens is 1. The zero-order valence-electron chi connectivity index (χ0n) is 22.0. The molecule has 0 unspecified atom stereocenters. The number of thiazole rings is 1. The van der Waals surface area contributed by atoms with Gasteiger partial charge in [0, 0.05) is 31.7 Å². The Morgan fingerprint density at radius 2 is 1.62 bits per heavy atom. The summed E-state index contributed by atoms with van der Waals surface area (Å²) in [5.74, 6) is 2.64. The molecule has 206 valence electrons. The zero-order valence-corrected chi connectivity index (χ0v) is 23.6. The van der Waals surface area contributed by atoms with Crippen molar-refractivity contribution >= 4 is 45.0 Å². The van der Waals surface area contributed by atoms with Gasteiger partial charge in [-0.3, -0.25) is 14.6 Å². The average molecular weight is 570 g/mol. The van der Waals surface area contributed by atoms with Gasteiger partial charge in [-0.15, -0.1) is 12.4 Å². The Morgan fingerprint density at radius 3 is 2.31 bits per heavy atom. The van der Waals surface area contributed by atoms with Crippen molar-refractivity contribution in [1.29, 1.82) is 0 Å². The van der Waals surface area contributed by atoms with Crippen molar-refractivity contribution < 1.29 is 23.7 Å². The van der Waals surface area contributed by atoms with E-state index in [9.17, 15) is 4.79 Å². The highest BCUT2D eigenvalue weighted by molar-refractivity contribution is 7.22. The fourth-order valence-electron chi connectivity index (χ4n) is 4.40. The average Bonchev–Trinajstić information content (AvgIpc) is 3.41. The summed E-state index contributed by atoms with van der Waals surface area (Å²) in [6.07, 6.45) is 0.811. The molecule has 10 heteroatoms. The van der Waals surface area contributed by atoms with Crippen LogP contribution in [0.1, 0.15) is 16.8 Å². The van der Waals surface area contributed by atoms with E-state index in [-0.39, 0.29) is 18.3 Å². The summed E-state index contributed by atoms with van der Waals surface area (Å²) >= 11 is 1.43. The number of hydrogen-bond acceptors (Lipinski definition) is 8. The molecule has 0 saturated carbocycles. The van der Waals surface area contributed by atoms with Crippen LogP contribution >= 0.6 is 23.7 Å². The zero-order chi connectivity index (χ0) is 26.3. The van der Waals surface area contributed by atoms with Gasteiger partial charge in [0.25, 0.3) is 5.91 Å². The number of para-hydroxylation sites is 1. The minimum absolute atomic E-state index is 0. The minimum Gasteiger partial charge on any atom is -0.495 e. The predicted molar refractivity (Wildman–Crippen MR) is 156 cm³/mol. The predicted octanol–water partition coefficient (Wildman–Crippen LogP) is 5.90. The number of rotatable bonds is 10. The second-order valence-corrected chi connectivity index (χ2v) is 9.83. The Bertz CT molecular complexity index is 1320. The molecule has 8 nitrogen and oxygen atoms in total. The molecule has 2 heterocycles. The molecule has 0 radical (unpaired) electrons. The van der Waals surface area contributed by atoms with E-state index in [2.05, 4.69) is 4.90 Å². The van der Waals surface area contributed by atoms with Crippen LogP contribution in [0.5, 0.6) is 23.0 Å². The van der Waals surface area contributed by atoms with Gasteiger partial charge in [-0.25, -0.2) is 4.98 Å². The lowest BCUT2D eigenvalue weighted by Crippen LogP contribution is -2.39. The molecule has 1 aliphatic rings. The van der Waals surface area contributed by atoms with E-state index in [1.165, 1.54) is 11.3 Å². The summed E-state index contributed by atoms with van der Waals surface area (Å²) in [6, 6.07) is 20.5. The van der Waals surface area contributed by atoms with Crippen LogP contribution in [-0.4, -0.2) is 69.4 Å². The molecule has 0 spiro atoms. The lowest BCUT2D eigenvalue weighted by molar-refractivity contribution is 0.0376.